The van der Waals surface area contributed by atoms with Crippen LogP contribution in [0.25, 0.3) is 11.0 Å². The topological polar surface area (TPSA) is 34.3 Å². The molecule has 0 saturated heterocycles. The first kappa shape index (κ1) is 17.4. The van der Waals surface area contributed by atoms with Crippen molar-refractivity contribution in [3.05, 3.63) is 59.9 Å². The van der Waals surface area contributed by atoms with Crippen molar-refractivity contribution in [1.82, 2.24) is 9.55 Å². The molecule has 0 atom stereocenters. The summed E-state index contributed by atoms with van der Waals surface area (Å²) >= 11 is 0. The van der Waals surface area contributed by atoms with Gasteiger partial charge in [0.1, 0.15) is 5.82 Å². The molecule has 4 nitrogen and oxygen atoms in total. The number of aromatic nitrogens is 2. The van der Waals surface area contributed by atoms with Crippen LogP contribution in [0.5, 0.6) is 0 Å². The molecular formula is C20H26FN4+. The summed E-state index contributed by atoms with van der Waals surface area (Å²) in [5.74, 6) is 0.662. The normalized spacial score (nSPS) is 11.4. The van der Waals surface area contributed by atoms with Crippen molar-refractivity contribution in [3.63, 3.8) is 0 Å². The Morgan fingerprint density at radius 2 is 1.76 bits per heavy atom. The number of halogens is 1. The van der Waals surface area contributed by atoms with Crippen LogP contribution < -0.4 is 10.2 Å². The van der Waals surface area contributed by atoms with Gasteiger partial charge in [0.15, 0.2) is 0 Å². The van der Waals surface area contributed by atoms with E-state index in [1.807, 2.05) is 12.1 Å². The van der Waals surface area contributed by atoms with E-state index < -0.39 is 0 Å². The molecule has 0 amide bonds. The largest absolute Gasteiger partial charge is 0.352 e. The third-order valence-corrected chi connectivity index (χ3v) is 4.71. The second-order valence-corrected chi connectivity index (χ2v) is 6.26. The molecule has 0 aliphatic heterocycles. The molecule has 5 heteroatoms. The van der Waals surface area contributed by atoms with E-state index in [9.17, 15) is 4.39 Å². The number of benzene rings is 2. The van der Waals surface area contributed by atoms with Gasteiger partial charge in [0.25, 0.3) is 0 Å². The van der Waals surface area contributed by atoms with E-state index in [1.54, 1.807) is 17.0 Å². The third-order valence-electron chi connectivity index (χ3n) is 4.71. The molecule has 1 aromatic heterocycles. The van der Waals surface area contributed by atoms with Crippen molar-refractivity contribution in [1.29, 1.82) is 0 Å². The minimum atomic E-state index is -0.210. The highest BCUT2D eigenvalue weighted by Crippen LogP contribution is 2.19. The number of nitrogens with zero attached hydrogens (tertiary/aromatic N) is 2. The lowest BCUT2D eigenvalue weighted by Gasteiger charge is -2.17. The van der Waals surface area contributed by atoms with Gasteiger partial charge < -0.3 is 14.8 Å². The first-order valence-electron chi connectivity index (χ1n) is 8.98. The predicted octanol–water partition coefficient (Wildman–Crippen LogP) is 2.71. The molecular weight excluding hydrogens is 315 g/mol. The Morgan fingerprint density at radius 3 is 2.48 bits per heavy atom. The third kappa shape index (κ3) is 4.17. The maximum Gasteiger partial charge on any atom is 0.204 e. The second kappa shape index (κ2) is 8.12. The number of fused-ring (bicyclic) bond motifs is 1. The Morgan fingerprint density at radius 1 is 1.04 bits per heavy atom. The maximum absolute atomic E-state index is 13.1. The number of anilines is 1. The fourth-order valence-electron chi connectivity index (χ4n) is 3.09. The van der Waals surface area contributed by atoms with Crippen molar-refractivity contribution in [2.75, 3.05) is 25.0 Å². The van der Waals surface area contributed by atoms with Crippen molar-refractivity contribution >= 4 is 17.0 Å². The highest BCUT2D eigenvalue weighted by atomic mass is 19.1. The van der Waals surface area contributed by atoms with Gasteiger partial charge in [0.2, 0.25) is 5.95 Å². The lowest BCUT2D eigenvalue weighted by molar-refractivity contribution is -0.897. The summed E-state index contributed by atoms with van der Waals surface area (Å²) in [5.41, 5.74) is 3.18. The molecule has 132 valence electrons. The lowest BCUT2D eigenvalue weighted by Crippen LogP contribution is -3.11. The van der Waals surface area contributed by atoms with Crippen molar-refractivity contribution in [3.8, 4) is 0 Å². The first-order valence-corrected chi connectivity index (χ1v) is 8.98. The summed E-state index contributed by atoms with van der Waals surface area (Å²) in [6.45, 7) is 9.31. The summed E-state index contributed by atoms with van der Waals surface area (Å²) < 4.78 is 15.3. The average molecular weight is 341 g/mol. The van der Waals surface area contributed by atoms with Crippen LogP contribution in [0.1, 0.15) is 19.4 Å². The Labute approximate surface area is 148 Å². The van der Waals surface area contributed by atoms with Crippen LogP contribution in [0.15, 0.2) is 48.5 Å². The number of imidazole rings is 1. The van der Waals surface area contributed by atoms with Gasteiger partial charge in [-0.25, -0.2) is 9.37 Å². The molecule has 0 bridgehead atoms. The van der Waals surface area contributed by atoms with E-state index in [1.165, 1.54) is 12.1 Å². The standard InChI is InChI=1S/C20H25FN4/c1-3-24(4-2)13-14-25-19-8-6-5-7-18(19)23-20(25)22-15-16-9-11-17(21)12-10-16/h5-12H,3-4,13-15H2,1-2H3,(H,22,23)/p+1. The van der Waals surface area contributed by atoms with E-state index in [0.29, 0.717) is 6.54 Å². The van der Waals surface area contributed by atoms with E-state index in [2.05, 4.69) is 35.9 Å². The monoisotopic (exact) mass is 341 g/mol. The highest BCUT2D eigenvalue weighted by molar-refractivity contribution is 5.78. The average Bonchev–Trinajstić information content (AvgIpc) is 3.00. The van der Waals surface area contributed by atoms with Crippen molar-refractivity contribution in [2.24, 2.45) is 0 Å². The van der Waals surface area contributed by atoms with Gasteiger partial charge in [-0.15, -0.1) is 0 Å². The number of para-hydroxylation sites is 2. The Bertz CT molecular complexity index is 806. The van der Waals surface area contributed by atoms with Crippen LogP contribution in [0.4, 0.5) is 10.3 Å². The van der Waals surface area contributed by atoms with Crippen LogP contribution in [0.2, 0.25) is 0 Å². The molecule has 2 N–H and O–H groups in total. The summed E-state index contributed by atoms with van der Waals surface area (Å²) in [5, 5.41) is 3.42. The first-order chi connectivity index (χ1) is 12.2. The van der Waals surface area contributed by atoms with Gasteiger partial charge in [-0.3, -0.25) is 0 Å². The van der Waals surface area contributed by atoms with Gasteiger partial charge in [0.05, 0.1) is 37.2 Å². The molecule has 3 rings (SSSR count). The molecule has 0 fully saturated rings. The van der Waals surface area contributed by atoms with Crippen molar-refractivity contribution in [2.45, 2.75) is 26.9 Å². The summed E-state index contributed by atoms with van der Waals surface area (Å²) in [6.07, 6.45) is 0. The quantitative estimate of drug-likeness (QED) is 0.661. The molecule has 1 heterocycles. The Kier molecular flexibility index (Phi) is 5.66. The number of hydrogen-bond donors (Lipinski definition) is 2. The number of nitrogens with one attached hydrogen (secondary N) is 2. The predicted molar refractivity (Wildman–Crippen MR) is 100 cm³/mol. The van der Waals surface area contributed by atoms with Crippen LogP contribution in [0.3, 0.4) is 0 Å². The van der Waals surface area contributed by atoms with E-state index in [0.717, 1.165) is 48.7 Å². The van der Waals surface area contributed by atoms with Crippen LogP contribution in [-0.4, -0.2) is 29.2 Å². The zero-order chi connectivity index (χ0) is 17.6. The fraction of sp³-hybridized carbons (Fsp3) is 0.350. The number of likely N-dealkylation sites (N-methyl/N-ethyl adjacent to an activating group) is 1. The Hall–Kier alpha value is -2.40. The molecule has 25 heavy (non-hydrogen) atoms. The highest BCUT2D eigenvalue weighted by Gasteiger charge is 2.12. The summed E-state index contributed by atoms with van der Waals surface area (Å²) in [4.78, 5) is 6.31. The summed E-state index contributed by atoms with van der Waals surface area (Å²) in [7, 11) is 0. The zero-order valence-corrected chi connectivity index (χ0v) is 14.9. The number of quaternary nitrogens is 1. The minimum Gasteiger partial charge on any atom is -0.352 e. The Balaban J connectivity index is 1.80. The number of rotatable bonds is 8. The van der Waals surface area contributed by atoms with Gasteiger partial charge >= 0.3 is 0 Å². The van der Waals surface area contributed by atoms with Gasteiger partial charge in [-0.2, -0.15) is 0 Å². The maximum atomic E-state index is 13.1. The molecule has 0 saturated carbocycles. The smallest absolute Gasteiger partial charge is 0.204 e. The molecule has 0 unspecified atom stereocenters. The molecule has 0 radical (unpaired) electrons. The van der Waals surface area contributed by atoms with Gasteiger partial charge in [0, 0.05) is 6.54 Å². The molecule has 0 aliphatic rings. The van der Waals surface area contributed by atoms with Crippen LogP contribution >= 0.6 is 0 Å². The van der Waals surface area contributed by atoms with Gasteiger partial charge in [-0.05, 0) is 43.7 Å². The molecule has 2 aromatic carbocycles. The van der Waals surface area contributed by atoms with Crippen LogP contribution in [-0.2, 0) is 13.1 Å². The van der Waals surface area contributed by atoms with Gasteiger partial charge in [-0.1, -0.05) is 24.3 Å². The second-order valence-electron chi connectivity index (χ2n) is 6.26. The molecule has 0 spiro atoms. The van der Waals surface area contributed by atoms with E-state index in [4.69, 9.17) is 4.98 Å². The molecule has 0 aliphatic carbocycles. The van der Waals surface area contributed by atoms with Crippen molar-refractivity contribution < 1.29 is 9.29 Å². The lowest BCUT2D eigenvalue weighted by atomic mass is 10.2. The zero-order valence-electron chi connectivity index (χ0n) is 14.9. The number of hydrogen-bond acceptors (Lipinski definition) is 2. The van der Waals surface area contributed by atoms with E-state index in [-0.39, 0.29) is 5.82 Å². The fourth-order valence-corrected chi connectivity index (χ4v) is 3.09. The van der Waals surface area contributed by atoms with Crippen LogP contribution in [0, 0.1) is 5.82 Å². The van der Waals surface area contributed by atoms with E-state index >= 15 is 0 Å². The molecule has 3 aromatic rings. The SMILES string of the molecule is CC[NH+](CC)CCn1c(NCc2ccc(F)cc2)nc2ccccc21. The minimum absolute atomic E-state index is 0.210. The summed E-state index contributed by atoms with van der Waals surface area (Å²) in [6, 6.07) is 14.8.